The second-order valence-electron chi connectivity index (χ2n) is 3.06. The van der Waals surface area contributed by atoms with Crippen LogP contribution in [0.1, 0.15) is 20.3 Å². The molecule has 0 aromatic rings. The van der Waals surface area contributed by atoms with Crippen LogP contribution in [0, 0.1) is 0 Å². The number of hydrogen-bond donors (Lipinski definition) is 0. The van der Waals surface area contributed by atoms with Gasteiger partial charge in [0.15, 0.2) is 0 Å². The molecule has 12 heavy (non-hydrogen) atoms. The maximum absolute atomic E-state index is 5.58. The van der Waals surface area contributed by atoms with Gasteiger partial charge in [-0.05, 0) is 0 Å². The third-order valence-corrected chi connectivity index (χ3v) is 3.62. The Morgan fingerprint density at radius 2 is 2.17 bits per heavy atom. The van der Waals surface area contributed by atoms with E-state index in [1.165, 1.54) is 4.55 Å². The Morgan fingerprint density at radius 1 is 1.50 bits per heavy atom. The summed E-state index contributed by atoms with van der Waals surface area (Å²) < 4.78 is 6.86. The van der Waals surface area contributed by atoms with Gasteiger partial charge in [0.05, 0.1) is 0 Å². The first-order chi connectivity index (χ1) is 5.70. The molecule has 0 saturated heterocycles. The molecule has 0 fully saturated rings. The molecule has 0 radical (unpaired) electrons. The van der Waals surface area contributed by atoms with Gasteiger partial charge in [-0.25, -0.2) is 0 Å². The van der Waals surface area contributed by atoms with Crippen LogP contribution in [0.4, 0.5) is 0 Å². The molecule has 0 bridgehead atoms. The van der Waals surface area contributed by atoms with E-state index >= 15 is 0 Å². The fourth-order valence-corrected chi connectivity index (χ4v) is 2.30. The summed E-state index contributed by atoms with van der Waals surface area (Å²) in [5, 5.41) is 0. The summed E-state index contributed by atoms with van der Waals surface area (Å²) in [7, 11) is 2.17. The van der Waals surface area contributed by atoms with Crippen LogP contribution in [0.3, 0.4) is 0 Å². The number of alkyl halides is 2. The molecule has 0 aliphatic rings. The average molecular weight is 286 g/mol. The zero-order valence-electron chi connectivity index (χ0n) is 8.64. The van der Waals surface area contributed by atoms with Gasteiger partial charge in [0.25, 0.3) is 0 Å². The normalized spacial score (nSPS) is 14.1. The molecule has 1 atom stereocenters. The van der Waals surface area contributed by atoms with Crippen LogP contribution in [0.2, 0.25) is 0 Å². The van der Waals surface area contributed by atoms with Crippen LogP contribution in [0.15, 0.2) is 0 Å². The molecule has 0 rings (SSSR count). The molecule has 0 spiro atoms. The van der Waals surface area contributed by atoms with Crippen LogP contribution in [0.25, 0.3) is 0 Å². The molecule has 0 aromatic carbocycles. The molecule has 0 aliphatic heterocycles. The number of halogens is 1. The first-order valence-corrected chi connectivity index (χ1v) is 8.13. The predicted molar refractivity (Wildman–Crippen MR) is 49.1 cm³/mol. The monoisotopic (exact) mass is 286 g/mol. The second-order valence-corrected chi connectivity index (χ2v) is 5.26. The summed E-state index contributed by atoms with van der Waals surface area (Å²) in [5.41, 5.74) is 0. The Hall–Kier alpha value is 0.650. The molecule has 3 heteroatoms. The summed E-state index contributed by atoms with van der Waals surface area (Å²) in [4.78, 5) is 4.67. The van der Waals surface area contributed by atoms with E-state index in [0.717, 1.165) is 19.6 Å². The first kappa shape index (κ1) is 12.7. The fraction of sp³-hybridized carbons (Fsp3) is 1.00. The second kappa shape index (κ2) is 8.26. The summed E-state index contributed by atoms with van der Waals surface area (Å²) in [6.07, 6.45) is 1.54. The third kappa shape index (κ3) is 7.31. The zero-order chi connectivity index (χ0) is 9.40. The molecule has 0 amide bonds. The first-order valence-electron chi connectivity index (χ1n) is 4.44. The Kier molecular flexibility index (Phi) is 8.70. The molecular formula is C9H21INO-. The van der Waals surface area contributed by atoms with Gasteiger partial charge in [0.1, 0.15) is 0 Å². The van der Waals surface area contributed by atoms with Crippen molar-refractivity contribution in [2.75, 3.05) is 29.7 Å². The Bertz CT molecular complexity index is 101. The van der Waals surface area contributed by atoms with Crippen LogP contribution in [0.5, 0.6) is 0 Å². The molecule has 0 aromatic heterocycles. The van der Waals surface area contributed by atoms with Gasteiger partial charge in [0, 0.05) is 0 Å². The Labute approximate surface area is 86.9 Å². The van der Waals surface area contributed by atoms with E-state index in [9.17, 15) is 0 Å². The van der Waals surface area contributed by atoms with Gasteiger partial charge in [-0.1, -0.05) is 0 Å². The van der Waals surface area contributed by atoms with Gasteiger partial charge in [-0.15, -0.1) is 0 Å². The van der Waals surface area contributed by atoms with Gasteiger partial charge >= 0.3 is 86.9 Å². The van der Waals surface area contributed by atoms with Crippen LogP contribution in [-0.2, 0) is 4.74 Å². The molecule has 0 aliphatic carbocycles. The maximum atomic E-state index is 5.58. The van der Waals surface area contributed by atoms with Crippen molar-refractivity contribution in [3.63, 3.8) is 0 Å². The number of hydrogen-bond acceptors (Lipinski definition) is 2. The summed E-state index contributed by atoms with van der Waals surface area (Å²) in [6, 6.07) is 0. The van der Waals surface area contributed by atoms with Gasteiger partial charge in [-0.2, -0.15) is 0 Å². The molecule has 2 nitrogen and oxygen atoms in total. The van der Waals surface area contributed by atoms with Crippen LogP contribution >= 0.6 is 0 Å². The zero-order valence-corrected chi connectivity index (χ0v) is 10.8. The molecule has 76 valence electrons. The molecule has 0 saturated carbocycles. The van der Waals surface area contributed by atoms with Crippen molar-refractivity contribution in [1.82, 2.24) is 4.90 Å². The fourth-order valence-electron chi connectivity index (χ4n) is 0.791. The van der Waals surface area contributed by atoms with Gasteiger partial charge in [0.2, 0.25) is 0 Å². The van der Waals surface area contributed by atoms with Gasteiger partial charge < -0.3 is 0 Å². The minimum atomic E-state index is 0.400. The molecule has 0 unspecified atom stereocenters. The number of rotatable bonds is 7. The summed E-state index contributed by atoms with van der Waals surface area (Å²) in [6.45, 7) is 6.26. The van der Waals surface area contributed by atoms with E-state index in [-0.39, 0.29) is 0 Å². The summed E-state index contributed by atoms with van der Waals surface area (Å²) in [5.74, 6) is 0. The van der Waals surface area contributed by atoms with Crippen molar-refractivity contribution in [3.8, 4) is 0 Å². The summed E-state index contributed by atoms with van der Waals surface area (Å²) >= 11 is 0.400. The van der Waals surface area contributed by atoms with Crippen LogP contribution in [-0.4, -0.2) is 40.7 Å². The SMILES string of the molecule is CC[C@H](C)OCCN(C)C[I-]C. The Morgan fingerprint density at radius 3 is 2.67 bits per heavy atom. The van der Waals surface area contributed by atoms with E-state index in [4.69, 9.17) is 4.74 Å². The third-order valence-electron chi connectivity index (χ3n) is 1.77. The molecule has 0 N–H and O–H groups in total. The number of likely N-dealkylation sites (N-methyl/N-ethyl adjacent to an activating group) is 1. The van der Waals surface area contributed by atoms with E-state index in [0.29, 0.717) is 27.3 Å². The van der Waals surface area contributed by atoms with Crippen molar-refractivity contribution in [2.45, 2.75) is 26.4 Å². The van der Waals surface area contributed by atoms with E-state index in [1.54, 1.807) is 0 Å². The van der Waals surface area contributed by atoms with Crippen LogP contribution < -0.4 is 21.2 Å². The van der Waals surface area contributed by atoms with Crippen molar-refractivity contribution in [3.05, 3.63) is 0 Å². The number of nitrogens with zero attached hydrogens (tertiary/aromatic N) is 1. The van der Waals surface area contributed by atoms with E-state index in [1.807, 2.05) is 0 Å². The topological polar surface area (TPSA) is 12.5 Å². The minimum absolute atomic E-state index is 0.400. The Balaban J connectivity index is 3.18. The van der Waals surface area contributed by atoms with E-state index < -0.39 is 0 Å². The van der Waals surface area contributed by atoms with E-state index in [2.05, 4.69) is 30.7 Å². The molecule has 0 heterocycles. The van der Waals surface area contributed by atoms with Crippen molar-refractivity contribution >= 4 is 0 Å². The average Bonchev–Trinajstić information content (AvgIpc) is 2.04. The number of ether oxygens (including phenoxy) is 1. The quantitative estimate of drug-likeness (QED) is 0.318. The van der Waals surface area contributed by atoms with Crippen molar-refractivity contribution < 1.29 is 25.9 Å². The predicted octanol–water partition coefficient (Wildman–Crippen LogP) is -1.59. The standard InChI is InChI=1S/C9H21INO/c1-5-9(2)12-7-6-11(4)8-10-3/h9H,5-8H2,1-4H3/q-1/t9-/m0/s1. The molecular weight excluding hydrogens is 265 g/mol. The van der Waals surface area contributed by atoms with Crippen molar-refractivity contribution in [2.24, 2.45) is 0 Å². The van der Waals surface area contributed by atoms with Gasteiger partial charge in [-0.3, -0.25) is 0 Å². The van der Waals surface area contributed by atoms with Crippen molar-refractivity contribution in [1.29, 1.82) is 0 Å².